The number of rotatable bonds is 6. The van der Waals surface area contributed by atoms with Crippen molar-refractivity contribution in [1.29, 1.82) is 0 Å². The van der Waals surface area contributed by atoms with E-state index in [0.717, 1.165) is 24.9 Å². The fourth-order valence-corrected chi connectivity index (χ4v) is 2.31. The number of benzene rings is 1. The number of aliphatic hydroxyl groups excluding tert-OH is 1. The maximum absolute atomic E-state index is 8.76. The average molecular weight is 276 g/mol. The lowest BCUT2D eigenvalue weighted by Gasteiger charge is -2.25. The van der Waals surface area contributed by atoms with Gasteiger partial charge in [-0.1, -0.05) is 29.3 Å². The van der Waals surface area contributed by atoms with Gasteiger partial charge in [0.2, 0.25) is 0 Å². The molecule has 0 aromatic heterocycles. The summed E-state index contributed by atoms with van der Waals surface area (Å²) < 4.78 is 0. The highest BCUT2D eigenvalue weighted by atomic mass is 35.5. The summed E-state index contributed by atoms with van der Waals surface area (Å²) in [6.07, 6.45) is 1.83. The summed E-state index contributed by atoms with van der Waals surface area (Å²) in [6, 6.07) is 5.85. The first-order valence-corrected chi connectivity index (χ1v) is 6.58. The molecule has 0 spiro atoms. The highest BCUT2D eigenvalue weighted by molar-refractivity contribution is 6.35. The van der Waals surface area contributed by atoms with Gasteiger partial charge in [0.25, 0.3) is 0 Å². The molecule has 1 N–H and O–H groups in total. The van der Waals surface area contributed by atoms with Crippen LogP contribution in [0, 0.1) is 0 Å². The zero-order valence-corrected chi connectivity index (χ0v) is 11.8. The molecule has 0 fully saturated rings. The number of halogens is 2. The van der Waals surface area contributed by atoms with Gasteiger partial charge in [0.05, 0.1) is 0 Å². The van der Waals surface area contributed by atoms with Crippen LogP contribution in [-0.4, -0.2) is 30.2 Å². The van der Waals surface area contributed by atoms with Gasteiger partial charge in [-0.15, -0.1) is 0 Å². The number of hydrogen-bond acceptors (Lipinski definition) is 2. The quantitative estimate of drug-likeness (QED) is 0.800. The summed E-state index contributed by atoms with van der Waals surface area (Å²) in [5.74, 6) is 0. The molecule has 0 aliphatic carbocycles. The molecule has 96 valence electrons. The molecule has 0 radical (unpaired) electrons. The van der Waals surface area contributed by atoms with Crippen LogP contribution in [0.15, 0.2) is 18.2 Å². The second kappa shape index (κ2) is 7.22. The fourth-order valence-electron chi connectivity index (χ4n) is 1.74. The summed E-state index contributed by atoms with van der Waals surface area (Å²) in [7, 11) is 2.06. The molecule has 1 unspecified atom stereocenters. The molecule has 17 heavy (non-hydrogen) atoms. The standard InChI is InChI=1S/C13H19Cl2NO/c1-10(16(2)7-3-4-8-17)12-6-5-11(14)9-13(12)15/h5-6,9-10,17H,3-4,7-8H2,1-2H3. The lowest BCUT2D eigenvalue weighted by atomic mass is 10.1. The lowest BCUT2D eigenvalue weighted by Crippen LogP contribution is -2.24. The summed E-state index contributed by atoms with van der Waals surface area (Å²) in [4.78, 5) is 2.23. The summed E-state index contributed by atoms with van der Waals surface area (Å²) >= 11 is 12.1. The first kappa shape index (κ1) is 14.8. The van der Waals surface area contributed by atoms with Crippen molar-refractivity contribution in [3.63, 3.8) is 0 Å². The Hall–Kier alpha value is -0.280. The van der Waals surface area contributed by atoms with Crippen LogP contribution in [0.3, 0.4) is 0 Å². The van der Waals surface area contributed by atoms with E-state index in [4.69, 9.17) is 28.3 Å². The Labute approximate surface area is 113 Å². The third kappa shape index (κ3) is 4.47. The monoisotopic (exact) mass is 275 g/mol. The Morgan fingerprint density at radius 1 is 1.29 bits per heavy atom. The third-order valence-corrected chi connectivity index (χ3v) is 3.56. The van der Waals surface area contributed by atoms with Gasteiger partial charge in [-0.2, -0.15) is 0 Å². The summed E-state index contributed by atoms with van der Waals surface area (Å²) in [6.45, 7) is 3.32. The molecule has 4 heteroatoms. The van der Waals surface area contributed by atoms with Crippen molar-refractivity contribution in [3.8, 4) is 0 Å². The predicted molar refractivity (Wildman–Crippen MR) is 73.8 cm³/mol. The zero-order chi connectivity index (χ0) is 12.8. The maximum atomic E-state index is 8.76. The molecule has 2 nitrogen and oxygen atoms in total. The SMILES string of the molecule is CC(c1ccc(Cl)cc1Cl)N(C)CCCCO. The van der Waals surface area contributed by atoms with Crippen molar-refractivity contribution in [2.45, 2.75) is 25.8 Å². The van der Waals surface area contributed by atoms with E-state index in [1.807, 2.05) is 12.1 Å². The second-order valence-corrected chi connectivity index (χ2v) is 5.10. The van der Waals surface area contributed by atoms with E-state index in [1.54, 1.807) is 6.07 Å². The molecule has 0 heterocycles. The van der Waals surface area contributed by atoms with Crippen molar-refractivity contribution in [2.75, 3.05) is 20.2 Å². The van der Waals surface area contributed by atoms with Gasteiger partial charge in [-0.3, -0.25) is 4.90 Å². The van der Waals surface area contributed by atoms with Crippen LogP contribution in [0.2, 0.25) is 10.0 Å². The van der Waals surface area contributed by atoms with Crippen LogP contribution in [0.4, 0.5) is 0 Å². The molecule has 0 aliphatic heterocycles. The molecule has 1 aromatic carbocycles. The van der Waals surface area contributed by atoms with Crippen LogP contribution in [0.5, 0.6) is 0 Å². The minimum absolute atomic E-state index is 0.249. The van der Waals surface area contributed by atoms with Crippen molar-refractivity contribution in [1.82, 2.24) is 4.90 Å². The van der Waals surface area contributed by atoms with E-state index < -0.39 is 0 Å². The molecule has 0 amide bonds. The normalized spacial score (nSPS) is 13.1. The number of aliphatic hydroxyl groups is 1. The average Bonchev–Trinajstić information content (AvgIpc) is 2.28. The molecule has 0 saturated carbocycles. The highest BCUT2D eigenvalue weighted by Crippen LogP contribution is 2.29. The van der Waals surface area contributed by atoms with Gasteiger partial charge < -0.3 is 5.11 Å². The van der Waals surface area contributed by atoms with Crippen molar-refractivity contribution in [2.24, 2.45) is 0 Å². The minimum Gasteiger partial charge on any atom is -0.396 e. The molecular formula is C13H19Cl2NO. The van der Waals surface area contributed by atoms with Crippen LogP contribution in [-0.2, 0) is 0 Å². The molecule has 1 aromatic rings. The maximum Gasteiger partial charge on any atom is 0.0468 e. The van der Waals surface area contributed by atoms with Gasteiger partial charge in [0.1, 0.15) is 0 Å². The lowest BCUT2D eigenvalue weighted by molar-refractivity contribution is 0.234. The Kier molecular flexibility index (Phi) is 6.28. The largest absolute Gasteiger partial charge is 0.396 e. The van der Waals surface area contributed by atoms with Gasteiger partial charge in [0, 0.05) is 22.7 Å². The minimum atomic E-state index is 0.249. The molecule has 0 saturated heterocycles. The zero-order valence-electron chi connectivity index (χ0n) is 10.3. The Bertz CT molecular complexity index is 357. The smallest absolute Gasteiger partial charge is 0.0468 e. The fraction of sp³-hybridized carbons (Fsp3) is 0.538. The van der Waals surface area contributed by atoms with E-state index in [2.05, 4.69) is 18.9 Å². The number of unbranched alkanes of at least 4 members (excludes halogenated alkanes) is 1. The van der Waals surface area contributed by atoms with Gasteiger partial charge >= 0.3 is 0 Å². The second-order valence-electron chi connectivity index (χ2n) is 4.25. The first-order valence-electron chi connectivity index (χ1n) is 5.82. The van der Waals surface area contributed by atoms with E-state index in [0.29, 0.717) is 10.0 Å². The first-order chi connectivity index (χ1) is 8.06. The predicted octanol–water partition coefficient (Wildman–Crippen LogP) is 3.76. The Balaban J connectivity index is 2.64. The van der Waals surface area contributed by atoms with Gasteiger partial charge in [0.15, 0.2) is 0 Å². The van der Waals surface area contributed by atoms with Crippen LogP contribution in [0.1, 0.15) is 31.4 Å². The number of nitrogens with zero attached hydrogens (tertiary/aromatic N) is 1. The van der Waals surface area contributed by atoms with E-state index in [9.17, 15) is 0 Å². The highest BCUT2D eigenvalue weighted by Gasteiger charge is 2.14. The van der Waals surface area contributed by atoms with Crippen LogP contribution in [0.25, 0.3) is 0 Å². The number of hydrogen-bond donors (Lipinski definition) is 1. The van der Waals surface area contributed by atoms with Gasteiger partial charge in [-0.25, -0.2) is 0 Å². The molecule has 1 rings (SSSR count). The Morgan fingerprint density at radius 2 is 2.00 bits per heavy atom. The van der Waals surface area contributed by atoms with E-state index >= 15 is 0 Å². The molecule has 0 bridgehead atoms. The van der Waals surface area contributed by atoms with E-state index in [-0.39, 0.29) is 12.6 Å². The van der Waals surface area contributed by atoms with E-state index in [1.165, 1.54) is 0 Å². The third-order valence-electron chi connectivity index (χ3n) is 2.99. The van der Waals surface area contributed by atoms with Crippen LogP contribution < -0.4 is 0 Å². The molecule has 1 atom stereocenters. The summed E-state index contributed by atoms with van der Waals surface area (Å²) in [5, 5.41) is 10.1. The van der Waals surface area contributed by atoms with Crippen LogP contribution >= 0.6 is 23.2 Å². The van der Waals surface area contributed by atoms with Crippen molar-refractivity contribution < 1.29 is 5.11 Å². The van der Waals surface area contributed by atoms with Gasteiger partial charge in [-0.05, 0) is 51.1 Å². The molecule has 0 aliphatic rings. The summed E-state index contributed by atoms with van der Waals surface area (Å²) in [5.41, 5.74) is 1.09. The van der Waals surface area contributed by atoms with Crippen molar-refractivity contribution in [3.05, 3.63) is 33.8 Å². The Morgan fingerprint density at radius 3 is 2.59 bits per heavy atom. The topological polar surface area (TPSA) is 23.5 Å². The van der Waals surface area contributed by atoms with Crippen molar-refractivity contribution >= 4 is 23.2 Å². The molecular weight excluding hydrogens is 257 g/mol.